The SMILES string of the molecule is CC(C)C(CCC(CO)N1CCC(c2ccc(F)cc2)CC1)Cc1cc(F)cc(OC(F)(F)F)c1. The van der Waals surface area contributed by atoms with Gasteiger partial charge in [0.1, 0.15) is 17.4 Å². The number of likely N-dealkylation sites (tertiary alicyclic amines) is 1. The van der Waals surface area contributed by atoms with Crippen LogP contribution in [0.1, 0.15) is 56.6 Å². The Morgan fingerprint density at radius 1 is 0.971 bits per heavy atom. The van der Waals surface area contributed by atoms with Crippen LogP contribution in [0.2, 0.25) is 0 Å². The average molecular weight is 500 g/mol. The van der Waals surface area contributed by atoms with Gasteiger partial charge in [0, 0.05) is 12.1 Å². The number of aliphatic hydroxyl groups is 1. The molecule has 0 bridgehead atoms. The van der Waals surface area contributed by atoms with Gasteiger partial charge >= 0.3 is 6.36 Å². The lowest BCUT2D eigenvalue weighted by molar-refractivity contribution is -0.274. The highest BCUT2D eigenvalue weighted by Gasteiger charge is 2.32. The van der Waals surface area contributed by atoms with Crippen molar-refractivity contribution in [3.63, 3.8) is 0 Å². The molecule has 8 heteroatoms. The van der Waals surface area contributed by atoms with Gasteiger partial charge in [0.25, 0.3) is 0 Å². The third-order valence-corrected chi connectivity index (χ3v) is 7.07. The van der Waals surface area contributed by atoms with Crippen molar-refractivity contribution in [2.45, 2.75) is 64.3 Å². The molecule has 0 aromatic heterocycles. The number of aliphatic hydroxyl groups excluding tert-OH is 1. The summed E-state index contributed by atoms with van der Waals surface area (Å²) in [5, 5.41) is 10.1. The highest BCUT2D eigenvalue weighted by molar-refractivity contribution is 5.30. The van der Waals surface area contributed by atoms with Crippen molar-refractivity contribution in [1.82, 2.24) is 4.90 Å². The first-order valence-electron chi connectivity index (χ1n) is 12.2. The molecule has 2 aromatic rings. The second-order valence-electron chi connectivity index (χ2n) is 9.83. The van der Waals surface area contributed by atoms with Gasteiger partial charge in [0.15, 0.2) is 0 Å². The number of benzene rings is 2. The molecule has 1 aliphatic rings. The fourth-order valence-electron chi connectivity index (χ4n) is 5.03. The lowest BCUT2D eigenvalue weighted by Crippen LogP contribution is -2.43. The van der Waals surface area contributed by atoms with E-state index in [1.165, 1.54) is 24.3 Å². The highest BCUT2D eigenvalue weighted by atomic mass is 19.4. The quantitative estimate of drug-likeness (QED) is 0.369. The van der Waals surface area contributed by atoms with Crippen molar-refractivity contribution < 1.29 is 31.8 Å². The molecule has 1 heterocycles. The molecule has 3 nitrogen and oxygen atoms in total. The standard InChI is InChI=1S/C27H34F5NO2/c1-18(2)22(13-19-14-24(29)16-26(15-19)35-27(30,31)32)5-8-25(17-34)33-11-9-21(10-12-33)20-3-6-23(28)7-4-20/h3-4,6-7,14-16,18,21-22,25,34H,5,8-13,17H2,1-2H3. The van der Waals surface area contributed by atoms with E-state index in [2.05, 4.69) is 9.64 Å². The number of ether oxygens (including phenoxy) is 1. The van der Waals surface area contributed by atoms with Crippen LogP contribution in [0.25, 0.3) is 0 Å². The van der Waals surface area contributed by atoms with Crippen LogP contribution in [-0.2, 0) is 6.42 Å². The van der Waals surface area contributed by atoms with E-state index in [1.807, 2.05) is 26.0 Å². The Morgan fingerprint density at radius 3 is 2.20 bits per heavy atom. The van der Waals surface area contributed by atoms with Gasteiger partial charge in [-0.3, -0.25) is 4.90 Å². The molecule has 2 aromatic carbocycles. The van der Waals surface area contributed by atoms with Gasteiger partial charge in [0.2, 0.25) is 0 Å². The van der Waals surface area contributed by atoms with E-state index in [9.17, 15) is 27.1 Å². The third-order valence-electron chi connectivity index (χ3n) is 7.07. The molecule has 1 fully saturated rings. The van der Waals surface area contributed by atoms with Gasteiger partial charge in [-0.25, -0.2) is 8.78 Å². The van der Waals surface area contributed by atoms with Crippen molar-refractivity contribution in [1.29, 1.82) is 0 Å². The number of hydrogen-bond donors (Lipinski definition) is 1. The summed E-state index contributed by atoms with van der Waals surface area (Å²) < 4.78 is 68.8. The van der Waals surface area contributed by atoms with E-state index in [0.717, 1.165) is 50.4 Å². The molecule has 194 valence electrons. The highest BCUT2D eigenvalue weighted by Crippen LogP contribution is 2.32. The molecule has 35 heavy (non-hydrogen) atoms. The van der Waals surface area contributed by atoms with E-state index in [1.54, 1.807) is 0 Å². The smallest absolute Gasteiger partial charge is 0.406 e. The summed E-state index contributed by atoms with van der Waals surface area (Å²) >= 11 is 0. The molecular weight excluding hydrogens is 465 g/mol. The Balaban J connectivity index is 1.57. The Kier molecular flexibility index (Phi) is 9.53. The molecule has 1 saturated heterocycles. The minimum absolute atomic E-state index is 0.0120. The molecular formula is C27H34F5NO2. The van der Waals surface area contributed by atoms with Crippen LogP contribution in [0.4, 0.5) is 22.0 Å². The first-order chi connectivity index (χ1) is 16.5. The van der Waals surface area contributed by atoms with Crippen LogP contribution in [0, 0.1) is 23.5 Å². The van der Waals surface area contributed by atoms with Crippen molar-refractivity contribution in [3.05, 3.63) is 65.2 Å². The Hall–Kier alpha value is -2.19. The van der Waals surface area contributed by atoms with Crippen LogP contribution in [0.3, 0.4) is 0 Å². The van der Waals surface area contributed by atoms with Gasteiger partial charge in [-0.1, -0.05) is 26.0 Å². The lowest BCUT2D eigenvalue weighted by Gasteiger charge is -2.38. The minimum Gasteiger partial charge on any atom is -0.406 e. The number of halogens is 5. The summed E-state index contributed by atoms with van der Waals surface area (Å²) in [4.78, 5) is 2.29. The summed E-state index contributed by atoms with van der Waals surface area (Å²) in [6.07, 6.45) is -1.09. The van der Waals surface area contributed by atoms with Crippen LogP contribution in [0.15, 0.2) is 42.5 Å². The Morgan fingerprint density at radius 2 is 1.63 bits per heavy atom. The maximum Gasteiger partial charge on any atom is 0.573 e. The predicted octanol–water partition coefficient (Wildman–Crippen LogP) is 6.70. The van der Waals surface area contributed by atoms with Crippen LogP contribution < -0.4 is 4.74 Å². The third kappa shape index (κ3) is 8.46. The zero-order chi connectivity index (χ0) is 25.6. The summed E-state index contributed by atoms with van der Waals surface area (Å²) in [5.74, 6) is -0.840. The number of piperidine rings is 1. The first kappa shape index (κ1) is 27.4. The van der Waals surface area contributed by atoms with Gasteiger partial charge < -0.3 is 9.84 Å². The summed E-state index contributed by atoms with van der Waals surface area (Å²) in [6.45, 7) is 5.78. The fraction of sp³-hybridized carbons (Fsp3) is 0.556. The first-order valence-corrected chi connectivity index (χ1v) is 12.2. The Bertz CT molecular complexity index is 924. The molecule has 2 unspecified atom stereocenters. The van der Waals surface area contributed by atoms with Gasteiger partial charge in [-0.15, -0.1) is 13.2 Å². The largest absolute Gasteiger partial charge is 0.573 e. The number of hydrogen-bond acceptors (Lipinski definition) is 3. The number of rotatable bonds is 10. The molecule has 0 radical (unpaired) electrons. The second kappa shape index (κ2) is 12.2. The summed E-state index contributed by atoms with van der Waals surface area (Å²) in [5.41, 5.74) is 1.60. The monoisotopic (exact) mass is 499 g/mol. The summed E-state index contributed by atoms with van der Waals surface area (Å²) in [6, 6.07) is 9.87. The normalized spacial score (nSPS) is 17.5. The van der Waals surface area contributed by atoms with Gasteiger partial charge in [-0.05, 0) is 98.3 Å². The van der Waals surface area contributed by atoms with Crippen molar-refractivity contribution in [2.75, 3.05) is 19.7 Å². The van der Waals surface area contributed by atoms with Crippen LogP contribution in [0.5, 0.6) is 5.75 Å². The number of nitrogens with zero attached hydrogens (tertiary/aromatic N) is 1. The molecule has 1 N–H and O–H groups in total. The fourth-order valence-corrected chi connectivity index (χ4v) is 5.03. The maximum atomic E-state index is 13.9. The van der Waals surface area contributed by atoms with E-state index in [0.29, 0.717) is 17.9 Å². The molecule has 0 amide bonds. The zero-order valence-electron chi connectivity index (χ0n) is 20.2. The van der Waals surface area contributed by atoms with Crippen LogP contribution in [-0.4, -0.2) is 42.1 Å². The Labute approximate surface area is 203 Å². The zero-order valence-corrected chi connectivity index (χ0v) is 20.2. The topological polar surface area (TPSA) is 32.7 Å². The summed E-state index contributed by atoms with van der Waals surface area (Å²) in [7, 11) is 0. The van der Waals surface area contributed by atoms with E-state index in [-0.39, 0.29) is 30.3 Å². The van der Waals surface area contributed by atoms with Crippen molar-refractivity contribution in [2.24, 2.45) is 11.8 Å². The molecule has 0 saturated carbocycles. The lowest BCUT2D eigenvalue weighted by atomic mass is 9.84. The number of alkyl halides is 3. The van der Waals surface area contributed by atoms with E-state index < -0.39 is 17.9 Å². The van der Waals surface area contributed by atoms with Gasteiger partial charge in [-0.2, -0.15) is 0 Å². The molecule has 3 rings (SSSR count). The average Bonchev–Trinajstić information content (AvgIpc) is 2.78. The van der Waals surface area contributed by atoms with Crippen molar-refractivity contribution >= 4 is 0 Å². The van der Waals surface area contributed by atoms with Crippen LogP contribution >= 0.6 is 0 Å². The molecule has 0 aliphatic carbocycles. The van der Waals surface area contributed by atoms with Gasteiger partial charge in [0.05, 0.1) is 6.61 Å². The van der Waals surface area contributed by atoms with Crippen molar-refractivity contribution in [3.8, 4) is 5.75 Å². The molecule has 2 atom stereocenters. The van der Waals surface area contributed by atoms with E-state index >= 15 is 0 Å². The van der Waals surface area contributed by atoms with E-state index in [4.69, 9.17) is 0 Å². The maximum absolute atomic E-state index is 13.9. The second-order valence-corrected chi connectivity index (χ2v) is 9.83. The minimum atomic E-state index is -4.87. The predicted molar refractivity (Wildman–Crippen MR) is 125 cm³/mol. The molecule has 0 spiro atoms. The molecule has 1 aliphatic heterocycles.